The molecule has 0 unspecified atom stereocenters. The molecule has 3 aliphatic rings. The fraction of sp³-hybridized carbons (Fsp3) is 0.500. The number of likely N-dealkylation sites (tertiary alicyclic amines) is 1. The van der Waals surface area contributed by atoms with Gasteiger partial charge < -0.3 is 20.0 Å². The molecule has 2 aromatic rings. The van der Waals surface area contributed by atoms with Gasteiger partial charge in [-0.1, -0.05) is 0 Å². The molecule has 5 heterocycles. The first-order valence-corrected chi connectivity index (χ1v) is 8.93. The van der Waals surface area contributed by atoms with Gasteiger partial charge in [0.1, 0.15) is 11.3 Å². The number of furan rings is 1. The van der Waals surface area contributed by atoms with E-state index in [-0.39, 0.29) is 17.9 Å². The van der Waals surface area contributed by atoms with Crippen LogP contribution in [0.15, 0.2) is 22.7 Å². The van der Waals surface area contributed by atoms with Gasteiger partial charge in [0.2, 0.25) is 0 Å². The minimum atomic E-state index is -0.187. The van der Waals surface area contributed by atoms with E-state index in [1.165, 1.54) is 6.42 Å². The highest BCUT2D eigenvalue weighted by molar-refractivity contribution is 5.99. The van der Waals surface area contributed by atoms with Crippen LogP contribution in [0.2, 0.25) is 0 Å². The van der Waals surface area contributed by atoms with Gasteiger partial charge in [-0.2, -0.15) is 0 Å². The summed E-state index contributed by atoms with van der Waals surface area (Å²) in [4.78, 5) is 30.7. The Kier molecular flexibility index (Phi) is 3.31. The van der Waals surface area contributed by atoms with Crippen LogP contribution in [0.1, 0.15) is 46.7 Å². The standard InChI is InChI=1S/C18H20N4O3/c23-17(21-13-7-11-2-3-12(13)20-11)14-8-15-10(9-19-14)6-16(25-15)18(24)22-4-1-5-22/h6,8-9,11-13,20H,1-5,7H2,(H,21,23)/t11-,12+,13-/m1/s1. The number of pyridine rings is 1. The second-order valence-corrected chi connectivity index (χ2v) is 7.23. The quantitative estimate of drug-likeness (QED) is 0.879. The molecule has 3 fully saturated rings. The van der Waals surface area contributed by atoms with Crippen molar-refractivity contribution in [3.05, 3.63) is 29.8 Å². The van der Waals surface area contributed by atoms with Crippen molar-refractivity contribution in [2.75, 3.05) is 13.1 Å². The first kappa shape index (κ1) is 14.9. The molecule has 2 aromatic heterocycles. The second-order valence-electron chi connectivity index (χ2n) is 7.23. The molecule has 0 aromatic carbocycles. The molecule has 7 heteroatoms. The first-order chi connectivity index (χ1) is 12.2. The van der Waals surface area contributed by atoms with Crippen LogP contribution < -0.4 is 10.6 Å². The Bertz CT molecular complexity index is 857. The molecule has 0 saturated carbocycles. The first-order valence-electron chi connectivity index (χ1n) is 8.93. The summed E-state index contributed by atoms with van der Waals surface area (Å²) < 4.78 is 5.67. The predicted molar refractivity (Wildman–Crippen MR) is 90.3 cm³/mol. The Balaban J connectivity index is 1.34. The van der Waals surface area contributed by atoms with E-state index in [9.17, 15) is 9.59 Å². The van der Waals surface area contributed by atoms with E-state index in [4.69, 9.17) is 4.42 Å². The molecule has 3 aliphatic heterocycles. The van der Waals surface area contributed by atoms with Crippen molar-refractivity contribution in [2.24, 2.45) is 0 Å². The zero-order valence-electron chi connectivity index (χ0n) is 13.8. The average molecular weight is 340 g/mol. The maximum Gasteiger partial charge on any atom is 0.289 e. The maximum atomic E-state index is 12.5. The van der Waals surface area contributed by atoms with Gasteiger partial charge in [0.25, 0.3) is 11.8 Å². The summed E-state index contributed by atoms with van der Waals surface area (Å²) in [6.07, 6.45) is 5.92. The van der Waals surface area contributed by atoms with Crippen molar-refractivity contribution in [3.8, 4) is 0 Å². The number of fused-ring (bicyclic) bond motifs is 3. The molecule has 3 saturated heterocycles. The van der Waals surface area contributed by atoms with Crippen molar-refractivity contribution >= 4 is 22.8 Å². The van der Waals surface area contributed by atoms with Crippen LogP contribution in [-0.2, 0) is 0 Å². The lowest BCUT2D eigenvalue weighted by Crippen LogP contribution is -2.43. The zero-order chi connectivity index (χ0) is 17.0. The van der Waals surface area contributed by atoms with Crippen molar-refractivity contribution in [1.29, 1.82) is 0 Å². The highest BCUT2D eigenvalue weighted by Crippen LogP contribution is 2.28. The van der Waals surface area contributed by atoms with Crippen LogP contribution in [0.3, 0.4) is 0 Å². The minimum absolute atomic E-state index is 0.0958. The van der Waals surface area contributed by atoms with E-state index in [0.717, 1.165) is 37.7 Å². The van der Waals surface area contributed by atoms with E-state index in [2.05, 4.69) is 15.6 Å². The lowest BCUT2D eigenvalue weighted by Gasteiger charge is -2.29. The number of hydrogen-bond donors (Lipinski definition) is 2. The smallest absolute Gasteiger partial charge is 0.289 e. The van der Waals surface area contributed by atoms with Crippen LogP contribution in [0.4, 0.5) is 0 Å². The molecule has 130 valence electrons. The summed E-state index contributed by atoms with van der Waals surface area (Å²) in [5.41, 5.74) is 0.850. The zero-order valence-corrected chi connectivity index (χ0v) is 13.8. The normalized spacial score (nSPS) is 27.5. The monoisotopic (exact) mass is 340 g/mol. The Hall–Kier alpha value is -2.41. The van der Waals surface area contributed by atoms with E-state index < -0.39 is 0 Å². The third kappa shape index (κ3) is 2.50. The molecule has 3 atom stereocenters. The van der Waals surface area contributed by atoms with Crippen molar-refractivity contribution < 1.29 is 14.0 Å². The molecule has 5 rings (SSSR count). The molecule has 25 heavy (non-hydrogen) atoms. The summed E-state index contributed by atoms with van der Waals surface area (Å²) in [7, 11) is 0. The molecule has 2 amide bonds. The van der Waals surface area contributed by atoms with Crippen LogP contribution in [0.5, 0.6) is 0 Å². The second kappa shape index (κ2) is 5.56. The molecule has 0 radical (unpaired) electrons. The average Bonchev–Trinajstić information content (AvgIpc) is 3.27. The van der Waals surface area contributed by atoms with Gasteiger partial charge in [-0.25, -0.2) is 0 Å². The van der Waals surface area contributed by atoms with Crippen LogP contribution in [0, 0.1) is 0 Å². The SMILES string of the molecule is O=C(N[C@@H]1C[C@H]2CC[C@@H]1N2)c1cc2oc(C(=O)N3CCC3)cc2cn1. The largest absolute Gasteiger partial charge is 0.451 e. The summed E-state index contributed by atoms with van der Waals surface area (Å²) in [5, 5.41) is 7.32. The number of carbonyl (C=O) groups excluding carboxylic acids is 2. The topological polar surface area (TPSA) is 87.5 Å². The van der Waals surface area contributed by atoms with Crippen LogP contribution in [-0.4, -0.2) is 52.9 Å². The van der Waals surface area contributed by atoms with Gasteiger partial charge in [-0.05, 0) is 31.7 Å². The minimum Gasteiger partial charge on any atom is -0.451 e. The van der Waals surface area contributed by atoms with E-state index in [1.54, 1.807) is 23.2 Å². The lowest BCUT2D eigenvalue weighted by molar-refractivity contribution is 0.0621. The van der Waals surface area contributed by atoms with Gasteiger partial charge in [-0.3, -0.25) is 14.6 Å². The van der Waals surface area contributed by atoms with Gasteiger partial charge in [0, 0.05) is 48.9 Å². The van der Waals surface area contributed by atoms with Crippen LogP contribution in [0.25, 0.3) is 11.0 Å². The highest BCUT2D eigenvalue weighted by Gasteiger charge is 2.39. The fourth-order valence-electron chi connectivity index (χ4n) is 4.06. The molecule has 7 nitrogen and oxygen atoms in total. The number of aromatic nitrogens is 1. The molecule has 0 spiro atoms. The van der Waals surface area contributed by atoms with Crippen LogP contribution >= 0.6 is 0 Å². The summed E-state index contributed by atoms with van der Waals surface area (Å²) in [6, 6.07) is 4.40. The Morgan fingerprint density at radius 1 is 1.28 bits per heavy atom. The molecule has 0 aliphatic carbocycles. The Labute approximate surface area is 144 Å². The maximum absolute atomic E-state index is 12.5. The summed E-state index contributed by atoms with van der Waals surface area (Å²) >= 11 is 0. The summed E-state index contributed by atoms with van der Waals surface area (Å²) in [6.45, 7) is 1.55. The van der Waals surface area contributed by atoms with Gasteiger partial charge in [-0.15, -0.1) is 0 Å². The molecular formula is C18H20N4O3. The summed E-state index contributed by atoms with van der Waals surface area (Å²) in [5.74, 6) is 0.0288. The predicted octanol–water partition coefficient (Wildman–Crippen LogP) is 1.30. The number of amides is 2. The number of carbonyl (C=O) groups is 2. The lowest BCUT2D eigenvalue weighted by atomic mass is 9.95. The highest BCUT2D eigenvalue weighted by atomic mass is 16.3. The molecular weight excluding hydrogens is 320 g/mol. The Morgan fingerprint density at radius 3 is 2.84 bits per heavy atom. The van der Waals surface area contributed by atoms with E-state index in [0.29, 0.717) is 29.1 Å². The third-order valence-electron chi connectivity index (χ3n) is 5.60. The molecule has 2 bridgehead atoms. The van der Waals surface area contributed by atoms with Crippen molar-refractivity contribution in [1.82, 2.24) is 20.5 Å². The van der Waals surface area contributed by atoms with Crippen molar-refractivity contribution in [2.45, 2.75) is 43.8 Å². The fourth-order valence-corrected chi connectivity index (χ4v) is 4.06. The number of nitrogens with zero attached hydrogens (tertiary/aromatic N) is 2. The number of hydrogen-bond acceptors (Lipinski definition) is 5. The van der Waals surface area contributed by atoms with Gasteiger partial charge in [0.15, 0.2) is 5.76 Å². The van der Waals surface area contributed by atoms with E-state index in [1.807, 2.05) is 0 Å². The number of nitrogens with one attached hydrogen (secondary N) is 2. The Morgan fingerprint density at radius 2 is 2.16 bits per heavy atom. The van der Waals surface area contributed by atoms with E-state index >= 15 is 0 Å². The number of rotatable bonds is 3. The third-order valence-corrected chi connectivity index (χ3v) is 5.60. The van der Waals surface area contributed by atoms with Gasteiger partial charge >= 0.3 is 0 Å². The molecule has 2 N–H and O–H groups in total. The van der Waals surface area contributed by atoms with Gasteiger partial charge in [0.05, 0.1) is 0 Å². The van der Waals surface area contributed by atoms with Crippen molar-refractivity contribution in [3.63, 3.8) is 0 Å².